The summed E-state index contributed by atoms with van der Waals surface area (Å²) in [6.07, 6.45) is 74.2. The molecule has 6 nitrogen and oxygen atoms in total. The van der Waals surface area contributed by atoms with Crippen molar-refractivity contribution in [2.75, 3.05) is 13.2 Å². The van der Waals surface area contributed by atoms with Gasteiger partial charge in [-0.05, 0) is 83.5 Å². The Morgan fingerprint density at radius 1 is 0.328 bits per heavy atom. The summed E-state index contributed by atoms with van der Waals surface area (Å²) in [5.74, 6) is -1.06. The number of ether oxygens (including phenoxy) is 3. The zero-order valence-corrected chi connectivity index (χ0v) is 43.4. The van der Waals surface area contributed by atoms with Crippen molar-refractivity contribution in [3.8, 4) is 0 Å². The van der Waals surface area contributed by atoms with Crippen LogP contribution in [0.4, 0.5) is 0 Å². The van der Waals surface area contributed by atoms with Gasteiger partial charge in [-0.2, -0.15) is 0 Å². The SMILES string of the molecule is CC/C=C\C/C=C\C/C=C\C/C=C\C/C=C\CC(=O)OC(COC(=O)CCCCCCCCC)COC(=O)CCCCCCCCCCCCCCCC/C=C\C/C=C\C/C=C\C/C=C\CC. The number of carbonyl (C=O) groups excluding carboxylic acids is 3. The summed E-state index contributed by atoms with van der Waals surface area (Å²) in [5.41, 5.74) is 0. The van der Waals surface area contributed by atoms with Crippen LogP contribution in [0.2, 0.25) is 0 Å². The molecule has 0 saturated carbocycles. The van der Waals surface area contributed by atoms with Gasteiger partial charge in [0.15, 0.2) is 6.10 Å². The predicted octanol–water partition coefficient (Wildman–Crippen LogP) is 18.3. The summed E-state index contributed by atoms with van der Waals surface area (Å²) >= 11 is 0. The number of carbonyl (C=O) groups is 3. The Morgan fingerprint density at radius 2 is 0.627 bits per heavy atom. The van der Waals surface area contributed by atoms with Crippen molar-refractivity contribution in [1.29, 1.82) is 0 Å². The third-order valence-electron chi connectivity index (χ3n) is 11.3. The van der Waals surface area contributed by atoms with Gasteiger partial charge in [0.05, 0.1) is 6.42 Å². The number of hydrogen-bond acceptors (Lipinski definition) is 6. The highest BCUT2D eigenvalue weighted by Crippen LogP contribution is 2.15. The van der Waals surface area contributed by atoms with Gasteiger partial charge in [-0.15, -0.1) is 0 Å². The maximum absolute atomic E-state index is 12.7. The van der Waals surface area contributed by atoms with E-state index in [1.165, 1.54) is 103 Å². The summed E-state index contributed by atoms with van der Waals surface area (Å²) in [6, 6.07) is 0. The van der Waals surface area contributed by atoms with E-state index in [1.807, 2.05) is 6.08 Å². The third kappa shape index (κ3) is 52.9. The smallest absolute Gasteiger partial charge is 0.310 e. The molecular weight excluding hydrogens is 829 g/mol. The molecule has 0 aromatic heterocycles. The molecule has 0 rings (SSSR count). The topological polar surface area (TPSA) is 78.9 Å². The first kappa shape index (κ1) is 63.1. The molecular formula is C61H100O6. The van der Waals surface area contributed by atoms with Crippen LogP contribution in [0.1, 0.15) is 239 Å². The van der Waals surface area contributed by atoms with E-state index in [-0.39, 0.29) is 31.6 Å². The highest BCUT2D eigenvalue weighted by molar-refractivity contribution is 5.72. The van der Waals surface area contributed by atoms with Gasteiger partial charge in [0, 0.05) is 12.8 Å². The standard InChI is InChI=1S/C61H100O6/c1-4-7-10-13-16-18-20-22-24-25-26-27-28-29-30-31-32-33-34-35-37-38-40-42-45-48-51-54-60(63)66-57-58(56-65-59(62)53-50-47-44-15-12-9-6-3)67-61(64)55-52-49-46-43-41-39-36-23-21-19-17-14-11-8-5-2/h7-8,10-11,16-19,22-24,26-27,36,41,43,49,52,58H,4-6,9,12-15,20-21,25,28-35,37-40,42,44-48,50-51,53-57H2,1-3H3/b10-7-,11-8-,18-16-,19-17-,24-22-,27-26-,36-23-,43-41-,52-49-. The number of rotatable bonds is 48. The van der Waals surface area contributed by atoms with Crippen LogP contribution in [0.5, 0.6) is 0 Å². The molecule has 0 radical (unpaired) electrons. The number of unbranched alkanes of at least 4 members (excludes halogenated alkanes) is 20. The third-order valence-corrected chi connectivity index (χ3v) is 11.3. The molecule has 0 N–H and O–H groups in total. The second-order valence-corrected chi connectivity index (χ2v) is 17.8. The molecule has 0 bridgehead atoms. The average molecular weight is 929 g/mol. The minimum Gasteiger partial charge on any atom is -0.462 e. The molecule has 0 aromatic rings. The van der Waals surface area contributed by atoms with Crippen molar-refractivity contribution in [1.82, 2.24) is 0 Å². The Hall–Kier alpha value is -3.93. The van der Waals surface area contributed by atoms with E-state index in [4.69, 9.17) is 14.2 Å². The van der Waals surface area contributed by atoms with Crippen LogP contribution in [0.25, 0.3) is 0 Å². The molecule has 67 heavy (non-hydrogen) atoms. The van der Waals surface area contributed by atoms with Crippen molar-refractivity contribution in [3.05, 3.63) is 109 Å². The lowest BCUT2D eigenvalue weighted by Crippen LogP contribution is -2.30. The minimum absolute atomic E-state index is 0.0958. The van der Waals surface area contributed by atoms with Gasteiger partial charge in [0.1, 0.15) is 13.2 Å². The van der Waals surface area contributed by atoms with Crippen LogP contribution in [0, 0.1) is 0 Å². The van der Waals surface area contributed by atoms with Crippen molar-refractivity contribution in [2.45, 2.75) is 245 Å². The van der Waals surface area contributed by atoms with E-state index >= 15 is 0 Å². The Morgan fingerprint density at radius 3 is 0.985 bits per heavy atom. The van der Waals surface area contributed by atoms with Gasteiger partial charge in [-0.1, -0.05) is 246 Å². The average Bonchev–Trinajstić information content (AvgIpc) is 3.33. The summed E-state index contributed by atoms with van der Waals surface area (Å²) in [5, 5.41) is 0. The number of esters is 3. The highest BCUT2D eigenvalue weighted by atomic mass is 16.6. The molecule has 380 valence electrons. The van der Waals surface area contributed by atoms with Gasteiger partial charge in [-0.3, -0.25) is 14.4 Å². The van der Waals surface area contributed by atoms with Crippen LogP contribution in [0.3, 0.4) is 0 Å². The summed E-state index contributed by atoms with van der Waals surface area (Å²) in [4.78, 5) is 37.8. The molecule has 0 aliphatic heterocycles. The van der Waals surface area contributed by atoms with Crippen LogP contribution in [0.15, 0.2) is 109 Å². The minimum atomic E-state index is -0.829. The lowest BCUT2D eigenvalue weighted by atomic mass is 10.0. The van der Waals surface area contributed by atoms with Crippen molar-refractivity contribution in [3.63, 3.8) is 0 Å². The number of allylic oxidation sites excluding steroid dienone is 17. The predicted molar refractivity (Wildman–Crippen MR) is 288 cm³/mol. The Balaban J connectivity index is 4.21. The zero-order chi connectivity index (χ0) is 48.6. The monoisotopic (exact) mass is 929 g/mol. The maximum atomic E-state index is 12.7. The van der Waals surface area contributed by atoms with E-state index in [1.54, 1.807) is 6.08 Å². The fourth-order valence-corrected chi connectivity index (χ4v) is 7.27. The molecule has 0 amide bonds. The fourth-order valence-electron chi connectivity index (χ4n) is 7.27. The lowest BCUT2D eigenvalue weighted by molar-refractivity contribution is -0.166. The molecule has 0 heterocycles. The molecule has 0 aromatic carbocycles. The molecule has 0 aliphatic carbocycles. The Bertz CT molecular complexity index is 1390. The molecule has 0 aliphatic rings. The molecule has 0 spiro atoms. The van der Waals surface area contributed by atoms with E-state index in [2.05, 4.69) is 118 Å². The van der Waals surface area contributed by atoms with E-state index < -0.39 is 12.1 Å². The van der Waals surface area contributed by atoms with Crippen molar-refractivity contribution < 1.29 is 28.6 Å². The molecule has 0 fully saturated rings. The van der Waals surface area contributed by atoms with E-state index in [9.17, 15) is 14.4 Å². The first-order valence-electron chi connectivity index (χ1n) is 27.4. The maximum Gasteiger partial charge on any atom is 0.310 e. The largest absolute Gasteiger partial charge is 0.462 e. The normalized spacial score (nSPS) is 12.9. The van der Waals surface area contributed by atoms with Crippen LogP contribution < -0.4 is 0 Å². The molecule has 0 saturated heterocycles. The van der Waals surface area contributed by atoms with Crippen molar-refractivity contribution in [2.24, 2.45) is 0 Å². The second-order valence-electron chi connectivity index (χ2n) is 17.8. The number of hydrogen-bond donors (Lipinski definition) is 0. The quantitative estimate of drug-likeness (QED) is 0.0262. The van der Waals surface area contributed by atoms with E-state index in [0.29, 0.717) is 12.8 Å². The van der Waals surface area contributed by atoms with Gasteiger partial charge < -0.3 is 14.2 Å². The fraction of sp³-hybridized carbons (Fsp3) is 0.656. The lowest BCUT2D eigenvalue weighted by Gasteiger charge is -2.18. The first-order valence-corrected chi connectivity index (χ1v) is 27.4. The zero-order valence-electron chi connectivity index (χ0n) is 43.4. The summed E-state index contributed by atoms with van der Waals surface area (Å²) < 4.78 is 16.6. The van der Waals surface area contributed by atoms with Crippen LogP contribution >= 0.6 is 0 Å². The van der Waals surface area contributed by atoms with E-state index in [0.717, 1.165) is 96.3 Å². The van der Waals surface area contributed by atoms with Gasteiger partial charge in [0.25, 0.3) is 0 Å². The Labute approximate surface area is 412 Å². The molecule has 1 unspecified atom stereocenters. The van der Waals surface area contributed by atoms with Crippen LogP contribution in [-0.4, -0.2) is 37.2 Å². The van der Waals surface area contributed by atoms with Gasteiger partial charge in [-0.25, -0.2) is 0 Å². The van der Waals surface area contributed by atoms with Gasteiger partial charge in [0.2, 0.25) is 0 Å². The first-order chi connectivity index (χ1) is 33.0. The highest BCUT2D eigenvalue weighted by Gasteiger charge is 2.19. The Kier molecular flexibility index (Phi) is 51.5. The van der Waals surface area contributed by atoms with Gasteiger partial charge >= 0.3 is 17.9 Å². The van der Waals surface area contributed by atoms with Crippen molar-refractivity contribution >= 4 is 17.9 Å². The summed E-state index contributed by atoms with van der Waals surface area (Å²) in [6.45, 7) is 6.28. The second kappa shape index (κ2) is 54.7. The van der Waals surface area contributed by atoms with Crippen LogP contribution in [-0.2, 0) is 28.6 Å². The molecule has 6 heteroatoms. The molecule has 1 atom stereocenters. The summed E-state index contributed by atoms with van der Waals surface area (Å²) in [7, 11) is 0.